The van der Waals surface area contributed by atoms with Crippen molar-refractivity contribution in [1.82, 2.24) is 92.2 Å². The molecule has 0 spiro atoms. The van der Waals surface area contributed by atoms with Crippen LogP contribution in [0.25, 0.3) is 66.7 Å². The Morgan fingerprint density at radius 3 is 1.15 bits per heavy atom. The number of aromatic amines is 3. The highest BCUT2D eigenvalue weighted by molar-refractivity contribution is 8.44. The number of alkyl halides is 1. The van der Waals surface area contributed by atoms with Crippen LogP contribution in [0.3, 0.4) is 0 Å². The summed E-state index contributed by atoms with van der Waals surface area (Å²) in [7, 11) is 0. The predicted octanol–water partition coefficient (Wildman–Crippen LogP) is 4.28. The number of nitrogens with one attached hydrogen (secondary N) is 3. The first-order chi connectivity index (χ1) is 61.8. The second kappa shape index (κ2) is 36.6. The Balaban J connectivity index is 0.000000132. The lowest BCUT2D eigenvalue weighted by Gasteiger charge is -2.27. The second-order valence-corrected chi connectivity index (χ2v) is 47.4. The molecule has 0 aromatic carbocycles. The Morgan fingerprint density at radius 2 is 0.725 bits per heavy atom. The fourth-order valence-electron chi connectivity index (χ4n) is 16.3. The third-order valence-corrected chi connectivity index (χ3v) is 31.5. The zero-order valence-electron chi connectivity index (χ0n) is 66.2. The lowest BCUT2D eigenvalue weighted by molar-refractivity contribution is -0.0597. The van der Waals surface area contributed by atoms with Gasteiger partial charge in [-0.15, -0.1) is 0 Å². The number of anilines is 6. The first kappa shape index (κ1) is 94.1. The lowest BCUT2D eigenvalue weighted by atomic mass is 10.1. The maximum Gasteiger partial charge on any atom is 0.386 e. The zero-order valence-corrected chi connectivity index (χ0v) is 76.6. The van der Waals surface area contributed by atoms with E-state index in [0.29, 0.717) is 33.9 Å². The Morgan fingerprint density at radius 1 is 0.382 bits per heavy atom. The second-order valence-electron chi connectivity index (χ2n) is 30.5. The minimum Gasteiger partial charge on any atom is -0.398 e. The molecule has 0 amide bonds. The number of pyridine rings is 3. The van der Waals surface area contributed by atoms with Crippen LogP contribution in [0.4, 0.5) is 39.3 Å². The van der Waals surface area contributed by atoms with Crippen LogP contribution in [-0.2, 0) is 146 Å². The van der Waals surface area contributed by atoms with Crippen LogP contribution in [0.15, 0.2) is 101 Å². The maximum absolute atomic E-state index is 16.0. The average molecular weight is 2050 g/mol. The number of fused-ring (bicyclic) bond motifs is 15. The zero-order chi connectivity index (χ0) is 91.2. The molecule has 9 saturated heterocycles. The largest absolute Gasteiger partial charge is 0.398 e. The molecular formula is C66H80FN25O27P6S6. The molecular weight excluding hydrogens is 1970 g/mol. The maximum atomic E-state index is 16.0. The van der Waals surface area contributed by atoms with Gasteiger partial charge < -0.3 is 137 Å². The fraction of sp³-hybridized carbons (Fsp3) is 0.470. The highest BCUT2D eigenvalue weighted by Gasteiger charge is 2.54. The first-order valence-electron chi connectivity index (χ1n) is 39.0. The number of hydrogen-bond acceptors (Lipinski definition) is 43. The van der Waals surface area contributed by atoms with E-state index < -0.39 is 180 Å². The third-order valence-electron chi connectivity index (χ3n) is 22.0. The number of H-pyrrole nitrogens is 3. The fourth-order valence-corrected chi connectivity index (χ4v) is 25.1. The van der Waals surface area contributed by atoms with Crippen molar-refractivity contribution in [2.45, 2.75) is 156 Å². The van der Waals surface area contributed by atoms with E-state index >= 15 is 4.39 Å². The topological polar surface area (TPSA) is 698 Å². The molecule has 12 aromatic heterocycles. The number of thiol groups is 1. The third kappa shape index (κ3) is 19.5. The SMILES string of the molecule is C.Nc1nc2c(ncn2[C@@H]2O[C@@H]3COP(O)(=S)O[C@@H]4C[C@H](n5ccc6c(N)ccnc65)O[C@@H]4COP(=O)(S)O[C@@H]2C3)c(=O)[nH]1.Nc1nc2c(ncn2[C@@H]2O[C@@H]3COP(O)(=S)O[C@@H]4C[C@H](n5ccc6c(N)ccnc65)O[C@@H]4COP(O)(=S)O[C@@H]2C3)c(=O)[nH]1.Nc1nc2c(ncn2[C@@H]2O[C@@H]3COP(O)(=S)O[C@@H]4[C@H](F)[C@H](n5cnc6c(N)ccnc65)O[C@@H]4COP(O)(=S)O[C@@H]2C3)c(=O)[nH]1. The number of aromatic nitrogens is 19. The molecule has 6 unspecified atom stereocenters. The quantitative estimate of drug-likeness (QED) is 0.0816. The minimum atomic E-state index is -4.11. The van der Waals surface area contributed by atoms with E-state index in [4.69, 9.17) is 176 Å². The van der Waals surface area contributed by atoms with Crippen LogP contribution in [0.2, 0.25) is 0 Å². The molecule has 0 saturated carbocycles. The Labute approximate surface area is 764 Å². The summed E-state index contributed by atoms with van der Waals surface area (Å²) >= 11 is 30.7. The number of nitrogen functional groups attached to an aromatic ring is 6. The smallest absolute Gasteiger partial charge is 0.386 e. The summed E-state index contributed by atoms with van der Waals surface area (Å²) in [6.07, 6.45) is -4.15. The van der Waals surface area contributed by atoms with Gasteiger partial charge in [0.25, 0.3) is 16.7 Å². The summed E-state index contributed by atoms with van der Waals surface area (Å²) < 4.78 is 144. The number of nitrogens with zero attached hydrogens (tertiary/aromatic N) is 16. The summed E-state index contributed by atoms with van der Waals surface area (Å²) in [6, 6.07) is 8.58. The summed E-state index contributed by atoms with van der Waals surface area (Å²) in [5, 5.41) is 1.49. The van der Waals surface area contributed by atoms with Crippen molar-refractivity contribution in [2.75, 3.05) is 74.0 Å². The van der Waals surface area contributed by atoms with E-state index in [9.17, 15) is 43.4 Å². The van der Waals surface area contributed by atoms with Crippen LogP contribution >= 0.6 is 52.6 Å². The van der Waals surface area contributed by atoms with E-state index in [1.54, 1.807) is 52.1 Å². The van der Waals surface area contributed by atoms with Gasteiger partial charge in [0.1, 0.15) is 72.0 Å². The molecule has 25 atom stereocenters. The molecule has 21 heterocycles. The van der Waals surface area contributed by atoms with Crippen molar-refractivity contribution >= 4 is 213 Å². The molecule has 65 heteroatoms. The minimum absolute atomic E-state index is 0. The number of rotatable bonds is 6. The van der Waals surface area contributed by atoms with Gasteiger partial charge >= 0.3 is 40.4 Å². The summed E-state index contributed by atoms with van der Waals surface area (Å²) in [5.74, 6) is -0.411. The molecule has 9 aliphatic heterocycles. The normalized spacial score (nSPS) is 35.5. The van der Waals surface area contributed by atoms with Crippen molar-refractivity contribution in [1.29, 1.82) is 0 Å². The van der Waals surface area contributed by atoms with E-state index in [-0.39, 0.29) is 130 Å². The van der Waals surface area contributed by atoms with Gasteiger partial charge in [-0.1, -0.05) is 19.7 Å². The average Bonchev–Trinajstić information content (AvgIpc) is 1.63. The number of hydrogen-bond donors (Lipinski definition) is 15. The van der Waals surface area contributed by atoms with Gasteiger partial charge in [-0.2, -0.15) is 15.0 Å². The Hall–Kier alpha value is -7.31. The highest BCUT2D eigenvalue weighted by Crippen LogP contribution is 2.61. The van der Waals surface area contributed by atoms with Gasteiger partial charge in [0.2, 0.25) is 17.8 Å². The van der Waals surface area contributed by atoms with Crippen LogP contribution < -0.4 is 51.1 Å². The van der Waals surface area contributed by atoms with E-state index in [1.807, 2.05) is 12.1 Å². The van der Waals surface area contributed by atoms with Crippen LogP contribution in [0.5, 0.6) is 0 Å². The van der Waals surface area contributed by atoms with Crippen LogP contribution in [-0.4, -0.2) is 236 Å². The van der Waals surface area contributed by atoms with Gasteiger partial charge in [-0.25, -0.2) is 43.8 Å². The van der Waals surface area contributed by atoms with E-state index in [0.717, 1.165) is 10.8 Å². The summed E-state index contributed by atoms with van der Waals surface area (Å²) in [4.78, 5) is 141. The molecule has 9 aliphatic rings. The van der Waals surface area contributed by atoms with Gasteiger partial charge in [0.05, 0.1) is 101 Å². The Kier molecular flexibility index (Phi) is 26.3. The molecule has 12 aromatic rings. The van der Waals surface area contributed by atoms with Crippen LogP contribution in [0.1, 0.15) is 76.9 Å². The van der Waals surface area contributed by atoms with Gasteiger partial charge in [0.15, 0.2) is 70.2 Å². The van der Waals surface area contributed by atoms with Crippen molar-refractivity contribution in [2.24, 2.45) is 0 Å². The predicted molar refractivity (Wildman–Crippen MR) is 480 cm³/mol. The van der Waals surface area contributed by atoms with Gasteiger partial charge in [-0.05, 0) is 89.4 Å². The van der Waals surface area contributed by atoms with E-state index in [2.05, 4.69) is 77.0 Å². The molecule has 0 aliphatic carbocycles. The van der Waals surface area contributed by atoms with Crippen molar-refractivity contribution in [3.8, 4) is 0 Å². The van der Waals surface area contributed by atoms with Crippen molar-refractivity contribution in [3.63, 3.8) is 0 Å². The molecule has 21 rings (SSSR count). The van der Waals surface area contributed by atoms with Crippen molar-refractivity contribution < 1.29 is 116 Å². The standard InChI is InChI=1S/2C22H26N8O9P2S2.C21H24FN9O9P2S2.CH4/c2*23-12-1-3-25-18-11(12)2-4-29(18)16-6-13-15(37-16)8-35-41(33,43)39-14-5-10(7-34-40(32,42)38-13)36-21(14)30-9-26-17-19(30)27-22(24)28-20(17)31;22-12-15-11(38-20(12)30-6-26-13-9(23)1-2-25-16(13)30)5-36-41(33,43)39-10-3-8(4-35-42(34,44)40-15)37-19(10)31-7-27-14-17(31)28-21(24)29-18(14)32;/h2*1-4,9-10,13-16,21H,5-8H2,(H2,23,25)(H,32,42)(H,33,43)(H3,24,27,28,31);1-2,6-8,10-12,15,19-20H,3-5H2,(H2,23,25)(H,33,43)(H,34,44)(H3,24,28,29,32);1H4/t2*10-,13+,14+,15+,16+,21+,40?,41?;8-,10+,11+,12-,15-,19+,20+,41?,42?;/m000./s1. The molecule has 9 fully saturated rings. The molecule has 704 valence electrons. The molecule has 6 bridgehead atoms. The number of imidazole rings is 4. The summed E-state index contributed by atoms with van der Waals surface area (Å²) in [6.45, 7) is -25.5. The lowest BCUT2D eigenvalue weighted by Crippen LogP contribution is -2.34. The summed E-state index contributed by atoms with van der Waals surface area (Å²) in [5.41, 5.74) is 37.3. The Bertz CT molecular complexity index is 6660. The first-order valence-corrected chi connectivity index (χ1v) is 54.6. The monoisotopic (exact) mass is 2050 g/mol. The number of ether oxygens (including phenoxy) is 6. The van der Waals surface area contributed by atoms with E-state index in [1.165, 1.54) is 49.8 Å². The van der Waals surface area contributed by atoms with Gasteiger partial charge in [0, 0.05) is 85.2 Å². The molecule has 0 radical (unpaired) electrons. The van der Waals surface area contributed by atoms with Crippen LogP contribution in [0, 0.1) is 0 Å². The molecule has 52 nitrogen and oxygen atoms in total. The highest BCUT2D eigenvalue weighted by atomic mass is 32.7. The molecule has 131 heavy (non-hydrogen) atoms. The number of nitrogens with two attached hydrogens (primary N) is 6. The van der Waals surface area contributed by atoms with Crippen molar-refractivity contribution in [3.05, 3.63) is 118 Å². The number of halogens is 1. The van der Waals surface area contributed by atoms with Gasteiger partial charge in [-0.3, -0.25) is 61.2 Å². The molecule has 20 N–H and O–H groups in total.